The van der Waals surface area contributed by atoms with Gasteiger partial charge in [0.15, 0.2) is 0 Å². The zero-order chi connectivity index (χ0) is 12.8. The number of aryl methyl sites for hydroxylation is 3. The number of carbonyl (C=O) groups is 1. The third kappa shape index (κ3) is 3.81. The first kappa shape index (κ1) is 13.0. The molecule has 0 bridgehead atoms. The molecule has 2 heteroatoms. The van der Waals surface area contributed by atoms with E-state index in [-0.39, 0.29) is 0 Å². The topological polar surface area (TPSA) is 17.1 Å². The van der Waals surface area contributed by atoms with Gasteiger partial charge in [-0.05, 0) is 42.3 Å². The Labute approximate surface area is 112 Å². The normalized spacial score (nSPS) is 10.5. The lowest BCUT2D eigenvalue weighted by Gasteiger charge is -2.04. The van der Waals surface area contributed by atoms with Crippen LogP contribution in [-0.4, -0.2) is 5.78 Å². The summed E-state index contributed by atoms with van der Waals surface area (Å²) in [4.78, 5) is 13.1. The molecule has 0 amide bonds. The van der Waals surface area contributed by atoms with E-state index < -0.39 is 0 Å². The molecular formula is C16H18OS. The van der Waals surface area contributed by atoms with Gasteiger partial charge in [0.25, 0.3) is 0 Å². The number of carbonyl (C=O) groups excluding carboxylic acids is 1. The van der Waals surface area contributed by atoms with Gasteiger partial charge in [-0.2, -0.15) is 0 Å². The Hall–Kier alpha value is -1.41. The third-order valence-corrected chi connectivity index (χ3v) is 4.10. The summed E-state index contributed by atoms with van der Waals surface area (Å²) >= 11 is 1.73. The second-order valence-corrected chi connectivity index (χ2v) is 5.58. The van der Waals surface area contributed by atoms with Crippen LogP contribution >= 0.6 is 11.3 Å². The summed E-state index contributed by atoms with van der Waals surface area (Å²) in [6.45, 7) is 2.10. The Kier molecular flexibility index (Phi) is 4.71. The van der Waals surface area contributed by atoms with E-state index in [0.717, 1.165) is 12.8 Å². The van der Waals surface area contributed by atoms with Crippen molar-refractivity contribution in [1.82, 2.24) is 0 Å². The molecule has 0 aliphatic carbocycles. The van der Waals surface area contributed by atoms with Crippen molar-refractivity contribution in [2.75, 3.05) is 0 Å². The average Bonchev–Trinajstić information content (AvgIpc) is 2.88. The minimum atomic E-state index is 0.367. The molecule has 1 nitrogen and oxygen atoms in total. The second kappa shape index (κ2) is 6.50. The van der Waals surface area contributed by atoms with E-state index in [9.17, 15) is 4.79 Å². The highest BCUT2D eigenvalue weighted by atomic mass is 32.1. The van der Waals surface area contributed by atoms with E-state index >= 15 is 0 Å². The van der Waals surface area contributed by atoms with Crippen molar-refractivity contribution < 1.29 is 4.79 Å². The average molecular weight is 258 g/mol. The summed E-state index contributed by atoms with van der Waals surface area (Å²) < 4.78 is 0. The zero-order valence-corrected chi connectivity index (χ0v) is 11.5. The molecule has 0 atom stereocenters. The molecule has 0 aliphatic heterocycles. The molecule has 0 unspecified atom stereocenters. The van der Waals surface area contributed by atoms with Gasteiger partial charge < -0.3 is 0 Å². The lowest BCUT2D eigenvalue weighted by Crippen LogP contribution is -2.02. The standard InChI is InChI=1S/C16H18OS/c1-13-5-2-3-6-14(13)8-9-15(17)10-11-16-7-4-12-18-16/h2-7,12H,8-11H2,1H3. The summed E-state index contributed by atoms with van der Waals surface area (Å²) in [5.74, 6) is 0.367. The molecule has 94 valence electrons. The van der Waals surface area contributed by atoms with Crippen LogP contribution in [0.2, 0.25) is 0 Å². The molecule has 1 aromatic carbocycles. The highest BCUT2D eigenvalue weighted by Gasteiger charge is 2.05. The number of hydrogen-bond donors (Lipinski definition) is 0. The van der Waals surface area contributed by atoms with Crippen molar-refractivity contribution in [3.8, 4) is 0 Å². The molecule has 1 heterocycles. The highest BCUT2D eigenvalue weighted by molar-refractivity contribution is 7.09. The van der Waals surface area contributed by atoms with Crippen LogP contribution in [0.15, 0.2) is 41.8 Å². The van der Waals surface area contributed by atoms with Crippen LogP contribution in [0.4, 0.5) is 0 Å². The van der Waals surface area contributed by atoms with E-state index in [1.165, 1.54) is 16.0 Å². The first-order valence-electron chi connectivity index (χ1n) is 6.34. The molecule has 1 aromatic heterocycles. The molecule has 0 aliphatic rings. The van der Waals surface area contributed by atoms with Gasteiger partial charge in [0.05, 0.1) is 0 Å². The minimum Gasteiger partial charge on any atom is -0.300 e. The van der Waals surface area contributed by atoms with Crippen LogP contribution in [0.1, 0.15) is 28.8 Å². The lowest BCUT2D eigenvalue weighted by atomic mass is 10.0. The molecule has 2 rings (SSSR count). The molecule has 0 saturated heterocycles. The fraction of sp³-hybridized carbons (Fsp3) is 0.312. The quantitative estimate of drug-likeness (QED) is 0.759. The monoisotopic (exact) mass is 258 g/mol. The lowest BCUT2D eigenvalue weighted by molar-refractivity contribution is -0.119. The predicted molar refractivity (Wildman–Crippen MR) is 77.1 cm³/mol. The number of benzene rings is 1. The second-order valence-electron chi connectivity index (χ2n) is 4.54. The van der Waals surface area contributed by atoms with Crippen LogP contribution in [0, 0.1) is 6.92 Å². The van der Waals surface area contributed by atoms with E-state index in [1.54, 1.807) is 11.3 Å². The van der Waals surface area contributed by atoms with Crippen molar-refractivity contribution >= 4 is 17.1 Å². The van der Waals surface area contributed by atoms with E-state index in [1.807, 2.05) is 18.2 Å². The first-order valence-corrected chi connectivity index (χ1v) is 7.22. The Morgan fingerprint density at radius 2 is 1.83 bits per heavy atom. The van der Waals surface area contributed by atoms with Crippen LogP contribution in [0.3, 0.4) is 0 Å². The van der Waals surface area contributed by atoms with Gasteiger partial charge in [-0.1, -0.05) is 30.3 Å². The van der Waals surface area contributed by atoms with Gasteiger partial charge in [-0.15, -0.1) is 11.3 Å². The Bertz CT molecular complexity index is 500. The maximum Gasteiger partial charge on any atom is 0.133 e. The van der Waals surface area contributed by atoms with Crippen LogP contribution < -0.4 is 0 Å². The summed E-state index contributed by atoms with van der Waals surface area (Å²) in [5, 5.41) is 2.06. The fourth-order valence-electron chi connectivity index (χ4n) is 2.01. The maximum absolute atomic E-state index is 11.8. The molecule has 2 aromatic rings. The largest absolute Gasteiger partial charge is 0.300 e. The fourth-order valence-corrected chi connectivity index (χ4v) is 2.72. The van der Waals surface area contributed by atoms with Gasteiger partial charge in [-0.3, -0.25) is 4.79 Å². The Morgan fingerprint density at radius 3 is 2.56 bits per heavy atom. The first-order chi connectivity index (χ1) is 8.75. The van der Waals surface area contributed by atoms with E-state index in [2.05, 4.69) is 30.5 Å². The molecular weight excluding hydrogens is 240 g/mol. The summed E-state index contributed by atoms with van der Waals surface area (Å²) in [6.07, 6.45) is 3.10. The SMILES string of the molecule is Cc1ccccc1CCC(=O)CCc1cccs1. The third-order valence-electron chi connectivity index (χ3n) is 3.16. The number of Topliss-reactive ketones (excluding diaryl/α,β-unsaturated/α-hetero) is 1. The number of hydrogen-bond acceptors (Lipinski definition) is 2. The van der Waals surface area contributed by atoms with Crippen molar-refractivity contribution in [3.63, 3.8) is 0 Å². The van der Waals surface area contributed by atoms with Crippen LogP contribution in [0.25, 0.3) is 0 Å². The van der Waals surface area contributed by atoms with Crippen LogP contribution in [-0.2, 0) is 17.6 Å². The van der Waals surface area contributed by atoms with Gasteiger partial charge >= 0.3 is 0 Å². The van der Waals surface area contributed by atoms with Gasteiger partial charge in [-0.25, -0.2) is 0 Å². The van der Waals surface area contributed by atoms with Gasteiger partial charge in [0.2, 0.25) is 0 Å². The minimum absolute atomic E-state index is 0.367. The molecule has 0 spiro atoms. The van der Waals surface area contributed by atoms with Gasteiger partial charge in [0.1, 0.15) is 5.78 Å². The molecule has 0 N–H and O–H groups in total. The Balaban J connectivity index is 1.77. The van der Waals surface area contributed by atoms with Crippen molar-refractivity contribution in [2.24, 2.45) is 0 Å². The van der Waals surface area contributed by atoms with E-state index in [0.29, 0.717) is 18.6 Å². The maximum atomic E-state index is 11.8. The highest BCUT2D eigenvalue weighted by Crippen LogP contribution is 2.13. The molecule has 18 heavy (non-hydrogen) atoms. The molecule has 0 fully saturated rings. The van der Waals surface area contributed by atoms with Gasteiger partial charge in [0, 0.05) is 17.7 Å². The number of ketones is 1. The number of thiophene rings is 1. The van der Waals surface area contributed by atoms with Crippen molar-refractivity contribution in [1.29, 1.82) is 0 Å². The molecule has 0 saturated carbocycles. The summed E-state index contributed by atoms with van der Waals surface area (Å²) in [6, 6.07) is 12.4. The molecule has 0 radical (unpaired) electrons. The van der Waals surface area contributed by atoms with E-state index in [4.69, 9.17) is 0 Å². The Morgan fingerprint density at radius 1 is 1.06 bits per heavy atom. The summed E-state index contributed by atoms with van der Waals surface area (Å²) in [7, 11) is 0. The smallest absolute Gasteiger partial charge is 0.133 e. The number of rotatable bonds is 6. The predicted octanol–water partition coefficient (Wildman–Crippen LogP) is 4.19. The van der Waals surface area contributed by atoms with Crippen molar-refractivity contribution in [2.45, 2.75) is 32.6 Å². The summed E-state index contributed by atoms with van der Waals surface area (Å²) in [5.41, 5.74) is 2.57. The zero-order valence-electron chi connectivity index (χ0n) is 10.7. The van der Waals surface area contributed by atoms with Crippen molar-refractivity contribution in [3.05, 3.63) is 57.8 Å². The van der Waals surface area contributed by atoms with Crippen LogP contribution in [0.5, 0.6) is 0 Å².